The first-order valence-electron chi connectivity index (χ1n) is 7.31. The van der Waals surface area contributed by atoms with Crippen molar-refractivity contribution in [1.29, 1.82) is 0 Å². The zero-order valence-electron chi connectivity index (χ0n) is 14.2. The van der Waals surface area contributed by atoms with Gasteiger partial charge in [0.2, 0.25) is 9.84 Å². The van der Waals surface area contributed by atoms with E-state index in [9.17, 15) is 18.0 Å². The molecule has 2 aromatic rings. The summed E-state index contributed by atoms with van der Waals surface area (Å²) in [5, 5.41) is 0. The summed E-state index contributed by atoms with van der Waals surface area (Å²) < 4.78 is 33.9. The number of ether oxygens (including phenoxy) is 2. The molecule has 136 valence electrons. The maximum atomic E-state index is 12.4. The average Bonchev–Trinajstić information content (AvgIpc) is 2.66. The molecule has 0 aliphatic carbocycles. The first kappa shape index (κ1) is 22.3. The van der Waals surface area contributed by atoms with Gasteiger partial charge in [-0.1, -0.05) is 13.8 Å². The van der Waals surface area contributed by atoms with Crippen molar-refractivity contribution in [2.45, 2.75) is 23.6 Å². The minimum Gasteiger partial charge on any atom is -0.429 e. The van der Waals surface area contributed by atoms with Gasteiger partial charge < -0.3 is 15.2 Å². The molecule has 0 aliphatic rings. The third-order valence-corrected chi connectivity index (χ3v) is 4.42. The van der Waals surface area contributed by atoms with E-state index in [0.717, 1.165) is 0 Å². The number of benzene rings is 2. The zero-order chi connectivity index (χ0) is 19.3. The van der Waals surface area contributed by atoms with Crippen LogP contribution in [0.25, 0.3) is 0 Å². The number of hydrogen-bond donors (Lipinski definition) is 1. The normalized spacial score (nSPS) is 9.44. The molecular weight excluding hydrogens is 346 g/mol. The molecule has 0 saturated heterocycles. The molecule has 0 amide bonds. The van der Waals surface area contributed by atoms with E-state index < -0.39 is 9.84 Å². The molecule has 0 radical (unpaired) electrons. The quantitative estimate of drug-likeness (QED) is 0.779. The van der Waals surface area contributed by atoms with Gasteiger partial charge in [0.25, 0.3) is 12.9 Å². The Morgan fingerprint density at radius 2 is 1.00 bits per heavy atom. The van der Waals surface area contributed by atoms with Crippen LogP contribution in [0.15, 0.2) is 58.3 Å². The van der Waals surface area contributed by atoms with Crippen molar-refractivity contribution in [2.24, 2.45) is 5.73 Å². The number of carbonyl (C=O) groups is 2. The number of sulfone groups is 1. The standard InChI is InChI=1S/C14H10O6S.C2H6.CH5N/c15-9-19-11-1-5-13(6-2-11)21(17,18)14-7-3-12(4-8-14)20-10-16;2*1-2/h1-10H;1-2H3;2H2,1H3. The van der Waals surface area contributed by atoms with Gasteiger partial charge in [0, 0.05) is 0 Å². The SMILES string of the molecule is CC.CN.O=COc1ccc(S(=O)(=O)c2ccc(OC=O)cc2)cc1. The highest BCUT2D eigenvalue weighted by molar-refractivity contribution is 7.91. The van der Waals surface area contributed by atoms with E-state index in [-0.39, 0.29) is 34.2 Å². The van der Waals surface area contributed by atoms with E-state index in [1.165, 1.54) is 55.6 Å². The van der Waals surface area contributed by atoms with Crippen molar-refractivity contribution < 1.29 is 27.5 Å². The molecule has 0 aromatic heterocycles. The molecule has 0 heterocycles. The zero-order valence-corrected chi connectivity index (χ0v) is 15.0. The predicted molar refractivity (Wildman–Crippen MR) is 93.2 cm³/mol. The molecule has 0 atom stereocenters. The number of hydrogen-bond acceptors (Lipinski definition) is 7. The molecule has 0 aliphatic heterocycles. The van der Waals surface area contributed by atoms with Crippen LogP contribution in [0.2, 0.25) is 0 Å². The van der Waals surface area contributed by atoms with Crippen LogP contribution in [-0.2, 0) is 19.4 Å². The van der Waals surface area contributed by atoms with E-state index in [0.29, 0.717) is 0 Å². The molecule has 0 unspecified atom stereocenters. The van der Waals surface area contributed by atoms with E-state index in [4.69, 9.17) is 0 Å². The molecule has 7 nitrogen and oxygen atoms in total. The van der Waals surface area contributed by atoms with Crippen molar-refractivity contribution in [1.82, 2.24) is 0 Å². The lowest BCUT2D eigenvalue weighted by Gasteiger charge is -2.06. The Kier molecular flexibility index (Phi) is 10.5. The van der Waals surface area contributed by atoms with Crippen LogP contribution in [0.5, 0.6) is 11.5 Å². The number of nitrogens with two attached hydrogens (primary N) is 1. The largest absolute Gasteiger partial charge is 0.429 e. The van der Waals surface area contributed by atoms with Crippen molar-refractivity contribution in [3.8, 4) is 11.5 Å². The van der Waals surface area contributed by atoms with Crippen LogP contribution in [0.4, 0.5) is 0 Å². The third-order valence-electron chi connectivity index (χ3n) is 2.64. The maximum Gasteiger partial charge on any atom is 0.298 e. The van der Waals surface area contributed by atoms with Gasteiger partial charge in [0.05, 0.1) is 9.79 Å². The van der Waals surface area contributed by atoms with Crippen LogP contribution in [0.1, 0.15) is 13.8 Å². The van der Waals surface area contributed by atoms with E-state index in [1.54, 1.807) is 0 Å². The summed E-state index contributed by atoms with van der Waals surface area (Å²) in [6, 6.07) is 10.9. The molecule has 0 bridgehead atoms. The Morgan fingerprint density at radius 1 is 0.720 bits per heavy atom. The summed E-state index contributed by atoms with van der Waals surface area (Å²) in [4.78, 5) is 20.5. The van der Waals surface area contributed by atoms with Crippen LogP contribution in [-0.4, -0.2) is 28.4 Å². The summed E-state index contributed by atoms with van der Waals surface area (Å²) in [6.07, 6.45) is 0. The summed E-state index contributed by atoms with van der Waals surface area (Å²) in [7, 11) is -2.19. The van der Waals surface area contributed by atoms with Crippen molar-refractivity contribution >= 4 is 22.8 Å². The molecular formula is C17H21NO6S. The van der Waals surface area contributed by atoms with Gasteiger partial charge >= 0.3 is 0 Å². The first-order chi connectivity index (χ1) is 12.1. The highest BCUT2D eigenvalue weighted by atomic mass is 32.2. The van der Waals surface area contributed by atoms with Crippen molar-refractivity contribution in [2.75, 3.05) is 7.05 Å². The molecule has 0 spiro atoms. The predicted octanol–water partition coefficient (Wildman–Crippen LogP) is 2.19. The van der Waals surface area contributed by atoms with Gasteiger partial charge in [0.15, 0.2) is 0 Å². The Labute approximate surface area is 147 Å². The lowest BCUT2D eigenvalue weighted by molar-refractivity contribution is -0.121. The van der Waals surface area contributed by atoms with Gasteiger partial charge in [-0.2, -0.15) is 0 Å². The fourth-order valence-electron chi connectivity index (χ4n) is 1.64. The molecule has 25 heavy (non-hydrogen) atoms. The van der Waals surface area contributed by atoms with Gasteiger partial charge in [-0.25, -0.2) is 8.42 Å². The number of carbonyl (C=O) groups excluding carboxylic acids is 2. The second-order valence-electron chi connectivity index (χ2n) is 3.87. The highest BCUT2D eigenvalue weighted by Crippen LogP contribution is 2.24. The average molecular weight is 367 g/mol. The van der Waals surface area contributed by atoms with E-state index in [1.807, 2.05) is 13.8 Å². The maximum absolute atomic E-state index is 12.4. The monoisotopic (exact) mass is 367 g/mol. The van der Waals surface area contributed by atoms with Crippen LogP contribution >= 0.6 is 0 Å². The van der Waals surface area contributed by atoms with Crippen LogP contribution < -0.4 is 15.2 Å². The lowest BCUT2D eigenvalue weighted by Crippen LogP contribution is -2.02. The Morgan fingerprint density at radius 3 is 1.24 bits per heavy atom. The summed E-state index contributed by atoms with van der Waals surface area (Å²) >= 11 is 0. The Balaban J connectivity index is 0.00000134. The van der Waals surface area contributed by atoms with Crippen molar-refractivity contribution in [3.63, 3.8) is 0 Å². The fourth-order valence-corrected chi connectivity index (χ4v) is 2.90. The highest BCUT2D eigenvalue weighted by Gasteiger charge is 2.17. The summed E-state index contributed by atoms with van der Waals surface area (Å²) in [5.74, 6) is 0.498. The molecule has 2 rings (SSSR count). The molecule has 0 saturated carbocycles. The second kappa shape index (κ2) is 11.8. The van der Waals surface area contributed by atoms with Gasteiger partial charge in [-0.05, 0) is 55.6 Å². The summed E-state index contributed by atoms with van der Waals surface area (Å²) in [5.41, 5.74) is 4.50. The van der Waals surface area contributed by atoms with Crippen LogP contribution in [0, 0.1) is 0 Å². The minimum absolute atomic E-state index is 0.0600. The first-order valence-corrected chi connectivity index (χ1v) is 8.80. The van der Waals surface area contributed by atoms with Crippen LogP contribution in [0.3, 0.4) is 0 Å². The van der Waals surface area contributed by atoms with Gasteiger partial charge in [-0.15, -0.1) is 0 Å². The Bertz CT molecular complexity index is 680. The molecule has 0 fully saturated rings. The van der Waals surface area contributed by atoms with E-state index >= 15 is 0 Å². The smallest absolute Gasteiger partial charge is 0.298 e. The lowest BCUT2D eigenvalue weighted by atomic mass is 10.3. The second-order valence-corrected chi connectivity index (χ2v) is 5.82. The van der Waals surface area contributed by atoms with Crippen molar-refractivity contribution in [3.05, 3.63) is 48.5 Å². The summed E-state index contributed by atoms with van der Waals surface area (Å²) in [6.45, 7) is 4.52. The topological polar surface area (TPSA) is 113 Å². The van der Waals surface area contributed by atoms with Gasteiger partial charge in [0.1, 0.15) is 11.5 Å². The van der Waals surface area contributed by atoms with Gasteiger partial charge in [-0.3, -0.25) is 9.59 Å². The molecule has 2 aromatic carbocycles. The number of rotatable bonds is 6. The third kappa shape index (κ3) is 6.36. The Hall–Kier alpha value is -2.71. The van der Waals surface area contributed by atoms with E-state index in [2.05, 4.69) is 15.2 Å². The fraction of sp³-hybridized carbons (Fsp3) is 0.176. The molecule has 2 N–H and O–H groups in total. The molecule has 8 heteroatoms. The minimum atomic E-state index is -3.69.